The SMILES string of the molecule is CN=C(NCc1cccc(NC(=O)C2CCCO2)c1)N(C)Cc1ccc(OC)cc1OC. The molecule has 2 aromatic rings. The normalized spacial score (nSPS) is 15.9. The Morgan fingerprint density at radius 3 is 2.75 bits per heavy atom. The van der Waals surface area contributed by atoms with E-state index in [0.29, 0.717) is 19.7 Å². The van der Waals surface area contributed by atoms with Crippen molar-refractivity contribution < 1.29 is 19.0 Å². The highest BCUT2D eigenvalue weighted by molar-refractivity contribution is 5.94. The van der Waals surface area contributed by atoms with Crippen LogP contribution in [0.3, 0.4) is 0 Å². The van der Waals surface area contributed by atoms with Crippen LogP contribution in [0, 0.1) is 0 Å². The molecule has 1 aliphatic rings. The van der Waals surface area contributed by atoms with Crippen LogP contribution < -0.4 is 20.1 Å². The second kappa shape index (κ2) is 11.4. The van der Waals surface area contributed by atoms with E-state index in [1.807, 2.05) is 54.4 Å². The number of guanidine groups is 1. The van der Waals surface area contributed by atoms with Crippen molar-refractivity contribution >= 4 is 17.6 Å². The van der Waals surface area contributed by atoms with Crippen molar-refractivity contribution in [2.75, 3.05) is 40.2 Å². The van der Waals surface area contributed by atoms with Crippen molar-refractivity contribution in [3.8, 4) is 11.5 Å². The van der Waals surface area contributed by atoms with Gasteiger partial charge in [0.15, 0.2) is 5.96 Å². The monoisotopic (exact) mass is 440 g/mol. The molecule has 2 N–H and O–H groups in total. The zero-order valence-corrected chi connectivity index (χ0v) is 19.2. The molecule has 1 heterocycles. The van der Waals surface area contributed by atoms with Gasteiger partial charge < -0.3 is 29.7 Å². The number of amides is 1. The van der Waals surface area contributed by atoms with Crippen LogP contribution in [0.4, 0.5) is 5.69 Å². The molecule has 0 saturated carbocycles. The maximum absolute atomic E-state index is 12.3. The lowest BCUT2D eigenvalue weighted by atomic mass is 10.1. The maximum Gasteiger partial charge on any atom is 0.253 e. The van der Waals surface area contributed by atoms with Gasteiger partial charge >= 0.3 is 0 Å². The summed E-state index contributed by atoms with van der Waals surface area (Å²) in [5, 5.41) is 6.32. The molecule has 0 aliphatic carbocycles. The van der Waals surface area contributed by atoms with E-state index in [0.717, 1.165) is 47.1 Å². The summed E-state index contributed by atoms with van der Waals surface area (Å²) in [7, 11) is 7.00. The van der Waals surface area contributed by atoms with E-state index >= 15 is 0 Å². The number of ether oxygens (including phenoxy) is 3. The summed E-state index contributed by atoms with van der Waals surface area (Å²) in [6.07, 6.45) is 1.35. The highest BCUT2D eigenvalue weighted by Gasteiger charge is 2.23. The third kappa shape index (κ3) is 6.13. The Labute approximate surface area is 189 Å². The van der Waals surface area contributed by atoms with Gasteiger partial charge in [0.2, 0.25) is 0 Å². The van der Waals surface area contributed by atoms with E-state index in [9.17, 15) is 4.79 Å². The molecule has 1 aliphatic heterocycles. The highest BCUT2D eigenvalue weighted by atomic mass is 16.5. The Morgan fingerprint density at radius 1 is 1.22 bits per heavy atom. The average Bonchev–Trinajstić information content (AvgIpc) is 3.35. The second-order valence-corrected chi connectivity index (χ2v) is 7.63. The summed E-state index contributed by atoms with van der Waals surface area (Å²) in [5.74, 6) is 2.18. The number of carbonyl (C=O) groups excluding carboxylic acids is 1. The van der Waals surface area contributed by atoms with Gasteiger partial charge in [-0.05, 0) is 42.7 Å². The predicted molar refractivity (Wildman–Crippen MR) is 125 cm³/mol. The van der Waals surface area contributed by atoms with Crippen LogP contribution in [0.1, 0.15) is 24.0 Å². The number of hydrogen-bond donors (Lipinski definition) is 2. The Hall–Kier alpha value is -3.26. The van der Waals surface area contributed by atoms with Gasteiger partial charge in [-0.3, -0.25) is 9.79 Å². The lowest BCUT2D eigenvalue weighted by Gasteiger charge is -2.23. The standard InChI is InChI=1S/C24H32N4O4/c1-25-24(28(2)16-18-10-11-20(30-3)14-22(18)31-4)26-15-17-7-5-8-19(13-17)27-23(29)21-9-6-12-32-21/h5,7-8,10-11,13-14,21H,6,9,12,15-16H2,1-4H3,(H,25,26)(H,27,29). The molecule has 0 aromatic heterocycles. The highest BCUT2D eigenvalue weighted by Crippen LogP contribution is 2.25. The lowest BCUT2D eigenvalue weighted by Crippen LogP contribution is -2.38. The molecule has 1 saturated heterocycles. The summed E-state index contributed by atoms with van der Waals surface area (Å²) in [5.41, 5.74) is 2.82. The number of anilines is 1. The summed E-state index contributed by atoms with van der Waals surface area (Å²) in [6, 6.07) is 13.5. The Morgan fingerprint density at radius 2 is 2.06 bits per heavy atom. The van der Waals surface area contributed by atoms with E-state index < -0.39 is 0 Å². The van der Waals surface area contributed by atoms with E-state index in [4.69, 9.17) is 14.2 Å². The zero-order chi connectivity index (χ0) is 22.9. The third-order valence-electron chi connectivity index (χ3n) is 5.34. The van der Waals surface area contributed by atoms with E-state index in [1.165, 1.54) is 0 Å². The van der Waals surface area contributed by atoms with Gasteiger partial charge in [-0.15, -0.1) is 0 Å². The molecule has 1 atom stereocenters. The van der Waals surface area contributed by atoms with Crippen LogP contribution in [0.15, 0.2) is 47.5 Å². The summed E-state index contributed by atoms with van der Waals surface area (Å²) >= 11 is 0. The number of rotatable bonds is 8. The van der Waals surface area contributed by atoms with Crippen LogP contribution >= 0.6 is 0 Å². The molecule has 1 amide bonds. The van der Waals surface area contributed by atoms with Crippen molar-refractivity contribution in [2.24, 2.45) is 4.99 Å². The summed E-state index contributed by atoms with van der Waals surface area (Å²) < 4.78 is 16.2. The molecule has 0 bridgehead atoms. The van der Waals surface area contributed by atoms with E-state index in [1.54, 1.807) is 21.3 Å². The lowest BCUT2D eigenvalue weighted by molar-refractivity contribution is -0.124. The fraction of sp³-hybridized carbons (Fsp3) is 0.417. The van der Waals surface area contributed by atoms with Gasteiger partial charge in [0.1, 0.15) is 17.6 Å². The fourth-order valence-electron chi connectivity index (χ4n) is 3.64. The largest absolute Gasteiger partial charge is 0.497 e. The molecule has 2 aromatic carbocycles. The van der Waals surface area contributed by atoms with E-state index in [-0.39, 0.29) is 12.0 Å². The van der Waals surface area contributed by atoms with Crippen molar-refractivity contribution in [1.29, 1.82) is 0 Å². The van der Waals surface area contributed by atoms with Crippen LogP contribution in [0.25, 0.3) is 0 Å². The van der Waals surface area contributed by atoms with Gasteiger partial charge in [-0.1, -0.05) is 12.1 Å². The number of hydrogen-bond acceptors (Lipinski definition) is 5. The molecule has 0 spiro atoms. The maximum atomic E-state index is 12.3. The molecule has 0 radical (unpaired) electrons. The average molecular weight is 441 g/mol. The van der Waals surface area contributed by atoms with Gasteiger partial charge in [0, 0.05) is 51.1 Å². The number of methoxy groups -OCH3 is 2. The second-order valence-electron chi connectivity index (χ2n) is 7.63. The Kier molecular flexibility index (Phi) is 8.33. The van der Waals surface area contributed by atoms with Crippen LogP contribution in [0.2, 0.25) is 0 Å². The summed E-state index contributed by atoms with van der Waals surface area (Å²) in [4.78, 5) is 18.7. The number of nitrogens with one attached hydrogen (secondary N) is 2. The minimum absolute atomic E-state index is 0.0865. The minimum Gasteiger partial charge on any atom is -0.497 e. The first-order valence-electron chi connectivity index (χ1n) is 10.7. The number of aliphatic imine (C=N–C) groups is 1. The molecular formula is C24H32N4O4. The van der Waals surface area contributed by atoms with Crippen molar-refractivity contribution in [2.45, 2.75) is 32.0 Å². The van der Waals surface area contributed by atoms with Gasteiger partial charge in [0.05, 0.1) is 14.2 Å². The van der Waals surface area contributed by atoms with Gasteiger partial charge in [0.25, 0.3) is 5.91 Å². The molecule has 8 nitrogen and oxygen atoms in total. The first kappa shape index (κ1) is 23.4. The van der Waals surface area contributed by atoms with Crippen LogP contribution in [0.5, 0.6) is 11.5 Å². The van der Waals surface area contributed by atoms with E-state index in [2.05, 4.69) is 15.6 Å². The topological polar surface area (TPSA) is 84.4 Å². The Bertz CT molecular complexity index is 941. The van der Waals surface area contributed by atoms with Gasteiger partial charge in [-0.25, -0.2) is 0 Å². The molecule has 1 fully saturated rings. The summed E-state index contributed by atoms with van der Waals surface area (Å²) in [6.45, 7) is 1.84. The molecular weight excluding hydrogens is 408 g/mol. The first-order chi connectivity index (χ1) is 15.5. The van der Waals surface area contributed by atoms with Crippen LogP contribution in [-0.2, 0) is 22.6 Å². The van der Waals surface area contributed by atoms with Crippen molar-refractivity contribution in [3.63, 3.8) is 0 Å². The molecule has 172 valence electrons. The number of nitrogens with zero attached hydrogens (tertiary/aromatic N) is 2. The molecule has 8 heteroatoms. The predicted octanol–water partition coefficient (Wildman–Crippen LogP) is 3.03. The smallest absolute Gasteiger partial charge is 0.253 e. The third-order valence-corrected chi connectivity index (χ3v) is 5.34. The Balaban J connectivity index is 1.58. The minimum atomic E-state index is -0.348. The van der Waals surface area contributed by atoms with Crippen molar-refractivity contribution in [1.82, 2.24) is 10.2 Å². The molecule has 3 rings (SSSR count). The van der Waals surface area contributed by atoms with Crippen molar-refractivity contribution in [3.05, 3.63) is 53.6 Å². The number of benzene rings is 2. The van der Waals surface area contributed by atoms with Crippen LogP contribution in [-0.4, -0.2) is 57.8 Å². The van der Waals surface area contributed by atoms with Gasteiger partial charge in [-0.2, -0.15) is 0 Å². The zero-order valence-electron chi connectivity index (χ0n) is 19.2. The molecule has 32 heavy (non-hydrogen) atoms. The molecule has 1 unspecified atom stereocenters. The fourth-order valence-corrected chi connectivity index (χ4v) is 3.64. The quantitative estimate of drug-likeness (QED) is 0.485. The number of carbonyl (C=O) groups is 1. The first-order valence-corrected chi connectivity index (χ1v) is 10.7.